The smallest absolute Gasteiger partial charge is 0.194 e. The molecule has 128 valence electrons. The van der Waals surface area contributed by atoms with Crippen LogP contribution in [0.1, 0.15) is 19.4 Å². The molecule has 1 N–H and O–H groups in total. The van der Waals surface area contributed by atoms with Gasteiger partial charge in [0.1, 0.15) is 0 Å². The molecule has 1 aliphatic rings. The summed E-state index contributed by atoms with van der Waals surface area (Å²) >= 11 is 1.87. The summed E-state index contributed by atoms with van der Waals surface area (Å²) in [5.41, 5.74) is 1.40. The fraction of sp³-hybridized carbons (Fsp3) is 0.611. The van der Waals surface area contributed by atoms with Crippen molar-refractivity contribution >= 4 is 17.7 Å². The van der Waals surface area contributed by atoms with Crippen LogP contribution in [0.4, 0.5) is 0 Å². The molecule has 23 heavy (non-hydrogen) atoms. The molecule has 0 aliphatic carbocycles. The molecule has 1 unspecified atom stereocenters. The van der Waals surface area contributed by atoms with Gasteiger partial charge in [-0.1, -0.05) is 37.3 Å². The average molecular weight is 335 g/mol. The van der Waals surface area contributed by atoms with Gasteiger partial charge in [0, 0.05) is 44.5 Å². The van der Waals surface area contributed by atoms with Crippen LogP contribution in [0.15, 0.2) is 35.3 Å². The number of aliphatic imine (C=N–C) groups is 1. The molecule has 0 spiro atoms. The third-order valence-electron chi connectivity index (χ3n) is 4.16. The summed E-state index contributed by atoms with van der Waals surface area (Å²) in [5.74, 6) is 1.08. The molecule has 2 rings (SSSR count). The fourth-order valence-corrected chi connectivity index (χ4v) is 2.90. The molecule has 1 aromatic rings. The van der Waals surface area contributed by atoms with Crippen LogP contribution in [-0.2, 0) is 6.54 Å². The van der Waals surface area contributed by atoms with E-state index < -0.39 is 0 Å². The van der Waals surface area contributed by atoms with Gasteiger partial charge in [0.25, 0.3) is 0 Å². The molecule has 1 fully saturated rings. The van der Waals surface area contributed by atoms with E-state index in [4.69, 9.17) is 4.99 Å². The number of piperazine rings is 1. The van der Waals surface area contributed by atoms with Crippen molar-refractivity contribution in [1.29, 1.82) is 0 Å². The van der Waals surface area contributed by atoms with Crippen LogP contribution < -0.4 is 5.32 Å². The zero-order valence-corrected chi connectivity index (χ0v) is 15.5. The van der Waals surface area contributed by atoms with Crippen LogP contribution in [0, 0.1) is 0 Å². The minimum absolute atomic E-state index is 0.572. The highest BCUT2D eigenvalue weighted by atomic mass is 32.2. The number of nitrogens with zero attached hydrogens (tertiary/aromatic N) is 3. The van der Waals surface area contributed by atoms with Crippen molar-refractivity contribution in [3.63, 3.8) is 0 Å². The molecule has 0 bridgehead atoms. The van der Waals surface area contributed by atoms with Crippen molar-refractivity contribution in [2.45, 2.75) is 25.6 Å². The molecule has 0 saturated carbocycles. The lowest BCUT2D eigenvalue weighted by molar-refractivity contribution is 0.172. The first kappa shape index (κ1) is 18.1. The van der Waals surface area contributed by atoms with E-state index in [0.717, 1.165) is 51.8 Å². The van der Waals surface area contributed by atoms with Crippen molar-refractivity contribution in [1.82, 2.24) is 15.1 Å². The van der Waals surface area contributed by atoms with Gasteiger partial charge in [-0.2, -0.15) is 11.8 Å². The molecule has 4 nitrogen and oxygen atoms in total. The summed E-state index contributed by atoms with van der Waals surface area (Å²) in [6.45, 7) is 11.5. The van der Waals surface area contributed by atoms with Crippen LogP contribution in [0.2, 0.25) is 0 Å². The zero-order chi connectivity index (χ0) is 16.5. The Balaban J connectivity index is 1.85. The summed E-state index contributed by atoms with van der Waals surface area (Å²) in [4.78, 5) is 9.74. The van der Waals surface area contributed by atoms with E-state index in [-0.39, 0.29) is 0 Å². The molecule has 5 heteroatoms. The molecule has 1 aliphatic heterocycles. The molecule has 1 saturated heterocycles. The Morgan fingerprint density at radius 3 is 2.52 bits per heavy atom. The number of guanidine groups is 1. The van der Waals surface area contributed by atoms with Crippen LogP contribution in [0.25, 0.3) is 0 Å². The van der Waals surface area contributed by atoms with Crippen molar-refractivity contribution < 1.29 is 0 Å². The topological polar surface area (TPSA) is 30.9 Å². The van der Waals surface area contributed by atoms with Crippen LogP contribution in [0.5, 0.6) is 0 Å². The Hall–Kier alpha value is -1.20. The monoisotopic (exact) mass is 334 g/mol. The SMILES string of the molecule is CCNC(=NCC(C)SC)N1CCN(Cc2ccccc2)CC1. The fourth-order valence-electron chi connectivity index (χ4n) is 2.67. The van der Waals surface area contributed by atoms with Gasteiger partial charge in [-0.25, -0.2) is 0 Å². The van der Waals surface area contributed by atoms with E-state index in [0.29, 0.717) is 5.25 Å². The number of benzene rings is 1. The molecule has 1 aromatic carbocycles. The maximum atomic E-state index is 4.81. The van der Waals surface area contributed by atoms with E-state index in [9.17, 15) is 0 Å². The molecule has 0 amide bonds. The standard InChI is InChI=1S/C18H30N4S/c1-4-19-18(20-14-16(2)23-3)22-12-10-21(11-13-22)15-17-8-6-5-7-9-17/h5-9,16H,4,10-15H2,1-3H3,(H,19,20). The summed E-state index contributed by atoms with van der Waals surface area (Å²) < 4.78 is 0. The van der Waals surface area contributed by atoms with Gasteiger partial charge >= 0.3 is 0 Å². The lowest BCUT2D eigenvalue weighted by Gasteiger charge is -2.36. The average Bonchev–Trinajstić information content (AvgIpc) is 2.60. The highest BCUT2D eigenvalue weighted by Crippen LogP contribution is 2.09. The van der Waals surface area contributed by atoms with Gasteiger partial charge in [-0.15, -0.1) is 0 Å². The third-order valence-corrected chi connectivity index (χ3v) is 5.11. The van der Waals surface area contributed by atoms with E-state index in [1.807, 2.05) is 11.8 Å². The molecule has 0 aromatic heterocycles. The second-order valence-electron chi connectivity index (χ2n) is 5.99. The maximum Gasteiger partial charge on any atom is 0.194 e. The van der Waals surface area contributed by atoms with Crippen molar-refractivity contribution in [3.05, 3.63) is 35.9 Å². The van der Waals surface area contributed by atoms with Crippen LogP contribution in [0.3, 0.4) is 0 Å². The van der Waals surface area contributed by atoms with Gasteiger partial charge in [0.15, 0.2) is 5.96 Å². The zero-order valence-electron chi connectivity index (χ0n) is 14.7. The highest BCUT2D eigenvalue weighted by molar-refractivity contribution is 7.99. The summed E-state index contributed by atoms with van der Waals surface area (Å²) in [6, 6.07) is 10.7. The van der Waals surface area contributed by atoms with Crippen molar-refractivity contribution in [2.24, 2.45) is 4.99 Å². The summed E-state index contributed by atoms with van der Waals surface area (Å²) in [7, 11) is 0. The van der Waals surface area contributed by atoms with Gasteiger partial charge < -0.3 is 10.2 Å². The number of rotatable bonds is 6. The first-order valence-electron chi connectivity index (χ1n) is 8.55. The molecule has 1 heterocycles. The predicted molar refractivity (Wildman–Crippen MR) is 102 cm³/mol. The number of hydrogen-bond acceptors (Lipinski definition) is 3. The number of thioether (sulfide) groups is 1. The van der Waals surface area contributed by atoms with Gasteiger partial charge in [0.2, 0.25) is 0 Å². The van der Waals surface area contributed by atoms with Crippen molar-refractivity contribution in [2.75, 3.05) is 45.5 Å². The largest absolute Gasteiger partial charge is 0.357 e. The van der Waals surface area contributed by atoms with Gasteiger partial charge in [0.05, 0.1) is 6.54 Å². The Labute approximate surface area is 145 Å². The van der Waals surface area contributed by atoms with Crippen molar-refractivity contribution in [3.8, 4) is 0 Å². The van der Waals surface area contributed by atoms with E-state index in [1.165, 1.54) is 5.56 Å². The van der Waals surface area contributed by atoms with E-state index >= 15 is 0 Å². The Morgan fingerprint density at radius 2 is 1.91 bits per heavy atom. The minimum atomic E-state index is 0.572. The summed E-state index contributed by atoms with van der Waals surface area (Å²) in [6.07, 6.45) is 2.15. The number of hydrogen-bond donors (Lipinski definition) is 1. The van der Waals surface area contributed by atoms with Gasteiger partial charge in [-0.3, -0.25) is 9.89 Å². The predicted octanol–water partition coefficient (Wildman–Crippen LogP) is 2.52. The molecular weight excluding hydrogens is 304 g/mol. The first-order chi connectivity index (χ1) is 11.2. The highest BCUT2D eigenvalue weighted by Gasteiger charge is 2.19. The maximum absolute atomic E-state index is 4.81. The second kappa shape index (κ2) is 9.83. The lowest BCUT2D eigenvalue weighted by atomic mass is 10.2. The van der Waals surface area contributed by atoms with Crippen LogP contribution in [-0.4, -0.2) is 66.5 Å². The summed E-state index contributed by atoms with van der Waals surface area (Å²) in [5, 5.41) is 4.02. The normalized spacial score (nSPS) is 18.0. The Kier molecular flexibility index (Phi) is 7.76. The quantitative estimate of drug-likeness (QED) is 0.640. The van der Waals surface area contributed by atoms with Crippen LogP contribution >= 0.6 is 11.8 Å². The number of nitrogens with one attached hydrogen (secondary N) is 1. The Bertz CT molecular complexity index is 469. The van der Waals surface area contributed by atoms with E-state index in [2.05, 4.69) is 65.6 Å². The lowest BCUT2D eigenvalue weighted by Crippen LogP contribution is -2.52. The molecular formula is C18H30N4S. The minimum Gasteiger partial charge on any atom is -0.357 e. The van der Waals surface area contributed by atoms with E-state index in [1.54, 1.807) is 0 Å². The Morgan fingerprint density at radius 1 is 1.22 bits per heavy atom. The van der Waals surface area contributed by atoms with Gasteiger partial charge in [-0.05, 0) is 18.7 Å². The second-order valence-corrected chi connectivity index (χ2v) is 7.27. The molecule has 1 atom stereocenters. The first-order valence-corrected chi connectivity index (χ1v) is 9.84. The molecule has 0 radical (unpaired) electrons. The third kappa shape index (κ3) is 6.07.